The molecule has 1 atom stereocenters. The number of benzene rings is 3. The molecule has 0 bridgehead atoms. The molecule has 0 radical (unpaired) electrons. The van der Waals surface area contributed by atoms with E-state index in [9.17, 15) is 13.2 Å². The fraction of sp³-hybridized carbons (Fsp3) is 0.174. The standard InChI is InChI=1S/C23H22BrClN2O4S/c1-15-6-9-19(10-7-15)32(29,30)27-21-11-8-17(24)13-20(21)23(26-14-22(28)31-2)16-4-3-5-18(25)12-16/h3-13,23,26-27H,14H2,1-2H3/t23-/m0/s1. The summed E-state index contributed by atoms with van der Waals surface area (Å²) < 4.78 is 34.3. The van der Waals surface area contributed by atoms with Gasteiger partial charge in [0.2, 0.25) is 0 Å². The fourth-order valence-electron chi connectivity index (χ4n) is 3.14. The summed E-state index contributed by atoms with van der Waals surface area (Å²) in [6, 6.07) is 18.4. The number of nitrogens with one attached hydrogen (secondary N) is 2. The van der Waals surface area contributed by atoms with Crippen LogP contribution in [0.4, 0.5) is 5.69 Å². The molecule has 3 aromatic carbocycles. The third-order valence-electron chi connectivity index (χ3n) is 4.76. The predicted octanol–water partition coefficient (Wildman–Crippen LogP) is 5.06. The van der Waals surface area contributed by atoms with E-state index >= 15 is 0 Å². The van der Waals surface area contributed by atoms with Gasteiger partial charge in [0.1, 0.15) is 0 Å². The van der Waals surface area contributed by atoms with E-state index in [4.69, 9.17) is 16.3 Å². The van der Waals surface area contributed by atoms with Gasteiger partial charge in [0.05, 0.1) is 30.3 Å². The van der Waals surface area contributed by atoms with Crippen LogP contribution in [0.3, 0.4) is 0 Å². The van der Waals surface area contributed by atoms with Gasteiger partial charge in [-0.05, 0) is 60.5 Å². The zero-order chi connectivity index (χ0) is 23.3. The Morgan fingerprint density at radius 3 is 2.47 bits per heavy atom. The van der Waals surface area contributed by atoms with Crippen LogP contribution in [0.15, 0.2) is 76.1 Å². The quantitative estimate of drug-likeness (QED) is 0.392. The van der Waals surface area contributed by atoms with Crippen LogP contribution in [0.5, 0.6) is 0 Å². The van der Waals surface area contributed by atoms with Crippen LogP contribution < -0.4 is 10.0 Å². The lowest BCUT2D eigenvalue weighted by Crippen LogP contribution is -2.30. The molecule has 168 valence electrons. The van der Waals surface area contributed by atoms with E-state index < -0.39 is 22.0 Å². The minimum absolute atomic E-state index is 0.0790. The molecular weight excluding hydrogens is 516 g/mol. The van der Waals surface area contributed by atoms with E-state index in [1.807, 2.05) is 13.0 Å². The van der Waals surface area contributed by atoms with Crippen molar-refractivity contribution in [2.24, 2.45) is 0 Å². The third-order valence-corrected chi connectivity index (χ3v) is 6.87. The molecule has 0 aromatic heterocycles. The molecule has 0 aliphatic heterocycles. The summed E-state index contributed by atoms with van der Waals surface area (Å²) in [5, 5.41) is 3.66. The van der Waals surface area contributed by atoms with Crippen molar-refractivity contribution < 1.29 is 17.9 Å². The highest BCUT2D eigenvalue weighted by atomic mass is 79.9. The lowest BCUT2D eigenvalue weighted by atomic mass is 9.97. The first-order chi connectivity index (χ1) is 15.2. The van der Waals surface area contributed by atoms with Crippen LogP contribution in [0.25, 0.3) is 0 Å². The fourth-order valence-corrected chi connectivity index (χ4v) is 4.80. The van der Waals surface area contributed by atoms with Crippen molar-refractivity contribution in [2.45, 2.75) is 17.9 Å². The normalized spacial score (nSPS) is 12.2. The topological polar surface area (TPSA) is 84.5 Å². The first-order valence-electron chi connectivity index (χ1n) is 9.64. The number of carbonyl (C=O) groups is 1. The number of anilines is 1. The maximum atomic E-state index is 13.0. The van der Waals surface area contributed by atoms with Gasteiger partial charge in [0.25, 0.3) is 10.0 Å². The van der Waals surface area contributed by atoms with Gasteiger partial charge in [0.15, 0.2) is 0 Å². The number of methoxy groups -OCH3 is 1. The molecule has 0 fully saturated rings. The van der Waals surface area contributed by atoms with Crippen LogP contribution >= 0.6 is 27.5 Å². The number of hydrogen-bond acceptors (Lipinski definition) is 5. The summed E-state index contributed by atoms with van der Waals surface area (Å²) >= 11 is 9.65. The number of aryl methyl sites for hydroxylation is 1. The van der Waals surface area contributed by atoms with Gasteiger partial charge in [-0.1, -0.05) is 57.4 Å². The first kappa shape index (κ1) is 24.3. The molecule has 9 heteroatoms. The van der Waals surface area contributed by atoms with Gasteiger partial charge in [-0.15, -0.1) is 0 Å². The van der Waals surface area contributed by atoms with Crippen LogP contribution in [0, 0.1) is 6.92 Å². The molecule has 3 rings (SSSR count). The molecule has 2 N–H and O–H groups in total. The van der Waals surface area contributed by atoms with E-state index in [-0.39, 0.29) is 11.4 Å². The molecule has 6 nitrogen and oxygen atoms in total. The van der Waals surface area contributed by atoms with Crippen molar-refractivity contribution in [2.75, 3.05) is 18.4 Å². The second kappa shape index (κ2) is 10.5. The number of carbonyl (C=O) groups excluding carboxylic acids is 1. The molecule has 0 unspecified atom stereocenters. The van der Waals surface area contributed by atoms with Gasteiger partial charge >= 0.3 is 5.97 Å². The lowest BCUT2D eigenvalue weighted by molar-refractivity contribution is -0.139. The Kier molecular flexibility index (Phi) is 7.95. The van der Waals surface area contributed by atoms with Crippen molar-refractivity contribution in [1.29, 1.82) is 0 Å². The Hall–Kier alpha value is -2.39. The monoisotopic (exact) mass is 536 g/mol. The second-order valence-corrected chi connectivity index (χ2v) is 10.1. The summed E-state index contributed by atoms with van der Waals surface area (Å²) in [5.41, 5.74) is 2.70. The maximum Gasteiger partial charge on any atom is 0.319 e. The van der Waals surface area contributed by atoms with E-state index in [0.29, 0.717) is 16.3 Å². The first-order valence-corrected chi connectivity index (χ1v) is 12.3. The van der Waals surface area contributed by atoms with Crippen molar-refractivity contribution in [3.05, 3.63) is 92.9 Å². The van der Waals surface area contributed by atoms with Gasteiger partial charge < -0.3 is 4.74 Å². The van der Waals surface area contributed by atoms with E-state index in [1.54, 1.807) is 60.7 Å². The van der Waals surface area contributed by atoms with Crippen LogP contribution in [-0.4, -0.2) is 28.0 Å². The van der Waals surface area contributed by atoms with Crippen molar-refractivity contribution >= 4 is 49.2 Å². The number of esters is 1. The molecular formula is C23H22BrClN2O4S. The molecule has 3 aromatic rings. The Bertz CT molecular complexity index is 1220. The number of hydrogen-bond donors (Lipinski definition) is 2. The summed E-state index contributed by atoms with van der Waals surface area (Å²) in [6.07, 6.45) is 0. The van der Waals surface area contributed by atoms with Crippen LogP contribution in [0.2, 0.25) is 5.02 Å². The van der Waals surface area contributed by atoms with Gasteiger partial charge in [-0.2, -0.15) is 0 Å². The largest absolute Gasteiger partial charge is 0.468 e. The Labute approximate surface area is 201 Å². The zero-order valence-electron chi connectivity index (χ0n) is 17.4. The minimum atomic E-state index is -3.84. The summed E-state index contributed by atoms with van der Waals surface area (Å²) in [4.78, 5) is 12.0. The Balaban J connectivity index is 2.05. The maximum absolute atomic E-state index is 13.0. The van der Waals surface area contributed by atoms with Gasteiger partial charge in [0, 0.05) is 9.50 Å². The summed E-state index contributed by atoms with van der Waals surface area (Å²) in [5.74, 6) is -0.450. The number of ether oxygens (including phenoxy) is 1. The highest BCUT2D eigenvalue weighted by molar-refractivity contribution is 9.10. The average molecular weight is 538 g/mol. The van der Waals surface area contributed by atoms with Crippen LogP contribution in [0.1, 0.15) is 22.7 Å². The van der Waals surface area contributed by atoms with Gasteiger partial charge in [-0.25, -0.2) is 8.42 Å². The lowest BCUT2D eigenvalue weighted by Gasteiger charge is -2.23. The molecule has 32 heavy (non-hydrogen) atoms. The van der Waals surface area contributed by atoms with E-state index in [0.717, 1.165) is 15.6 Å². The number of halogens is 2. The molecule has 0 spiro atoms. The van der Waals surface area contributed by atoms with E-state index in [1.165, 1.54) is 7.11 Å². The predicted molar refractivity (Wildman–Crippen MR) is 129 cm³/mol. The Morgan fingerprint density at radius 1 is 1.09 bits per heavy atom. The molecule has 0 saturated heterocycles. The minimum Gasteiger partial charge on any atom is -0.468 e. The molecule has 0 heterocycles. The average Bonchev–Trinajstić information content (AvgIpc) is 2.75. The molecule has 0 saturated carbocycles. The van der Waals surface area contributed by atoms with E-state index in [2.05, 4.69) is 26.0 Å². The number of rotatable bonds is 8. The van der Waals surface area contributed by atoms with Crippen molar-refractivity contribution in [3.8, 4) is 0 Å². The van der Waals surface area contributed by atoms with Crippen molar-refractivity contribution in [3.63, 3.8) is 0 Å². The molecule has 0 aliphatic carbocycles. The molecule has 0 amide bonds. The Morgan fingerprint density at radius 2 is 1.81 bits per heavy atom. The number of sulfonamides is 1. The second-order valence-electron chi connectivity index (χ2n) is 7.10. The van der Waals surface area contributed by atoms with Crippen LogP contribution in [-0.2, 0) is 19.6 Å². The van der Waals surface area contributed by atoms with Gasteiger partial charge in [-0.3, -0.25) is 14.8 Å². The molecule has 0 aliphatic rings. The highest BCUT2D eigenvalue weighted by Crippen LogP contribution is 2.33. The summed E-state index contributed by atoms with van der Waals surface area (Å²) in [7, 11) is -2.53. The smallest absolute Gasteiger partial charge is 0.319 e. The SMILES string of the molecule is COC(=O)CN[C@@H](c1cccc(Cl)c1)c1cc(Br)ccc1NS(=O)(=O)c1ccc(C)cc1. The zero-order valence-corrected chi connectivity index (χ0v) is 20.6. The van der Waals surface area contributed by atoms with Crippen molar-refractivity contribution in [1.82, 2.24) is 5.32 Å². The highest BCUT2D eigenvalue weighted by Gasteiger charge is 2.23. The summed E-state index contributed by atoms with van der Waals surface area (Å²) in [6.45, 7) is 1.81. The third kappa shape index (κ3) is 6.10.